The van der Waals surface area contributed by atoms with E-state index in [0.29, 0.717) is 97.0 Å². The van der Waals surface area contributed by atoms with Gasteiger partial charge >= 0.3 is 0 Å². The molecule has 0 saturated carbocycles. The van der Waals surface area contributed by atoms with Crippen LogP contribution in [0.5, 0.6) is 5.75 Å². The molecular formula is C51H63N3O9S. The van der Waals surface area contributed by atoms with Gasteiger partial charge in [-0.3, -0.25) is 19.7 Å². The Morgan fingerprint density at radius 3 is 1.89 bits per heavy atom. The van der Waals surface area contributed by atoms with Crippen LogP contribution in [0.4, 0.5) is 0 Å². The maximum absolute atomic E-state index is 13.0. The summed E-state index contributed by atoms with van der Waals surface area (Å²) >= 11 is 1.62. The lowest BCUT2D eigenvalue weighted by Gasteiger charge is -2.29. The molecule has 1 N–H and O–H groups in total. The van der Waals surface area contributed by atoms with Gasteiger partial charge in [-0.25, -0.2) is 0 Å². The third-order valence-corrected chi connectivity index (χ3v) is 12.1. The lowest BCUT2D eigenvalue weighted by Crippen LogP contribution is -2.52. The summed E-state index contributed by atoms with van der Waals surface area (Å²) < 4.78 is 34.5. The molecule has 64 heavy (non-hydrogen) atoms. The van der Waals surface area contributed by atoms with Crippen molar-refractivity contribution in [3.05, 3.63) is 131 Å². The number of nitrogens with one attached hydrogen (secondary N) is 1. The number of thioether (sulfide) groups is 1. The average molecular weight is 894 g/mol. The van der Waals surface area contributed by atoms with Crippen LogP contribution in [0.2, 0.25) is 0 Å². The zero-order chi connectivity index (χ0) is 44.8. The van der Waals surface area contributed by atoms with E-state index in [-0.39, 0.29) is 18.2 Å². The number of ether oxygens (including phenoxy) is 6. The van der Waals surface area contributed by atoms with E-state index in [1.54, 1.807) is 22.7 Å². The van der Waals surface area contributed by atoms with E-state index in [1.807, 2.05) is 12.1 Å². The minimum atomic E-state index is -0.619. The predicted octanol–water partition coefficient (Wildman–Crippen LogP) is 7.39. The minimum Gasteiger partial charge on any atom is -0.492 e. The third-order valence-electron chi connectivity index (χ3n) is 11.1. The van der Waals surface area contributed by atoms with Crippen LogP contribution in [0.3, 0.4) is 0 Å². The van der Waals surface area contributed by atoms with Gasteiger partial charge in [0.1, 0.15) is 18.4 Å². The Bertz CT molecular complexity index is 2080. The Morgan fingerprint density at radius 1 is 0.672 bits per heavy atom. The Morgan fingerprint density at radius 2 is 1.27 bits per heavy atom. The number of piperidine rings is 1. The molecule has 2 aliphatic heterocycles. The number of amides is 3. The largest absolute Gasteiger partial charge is 0.492 e. The summed E-state index contributed by atoms with van der Waals surface area (Å²) in [7, 11) is 2.11. The standard InChI is InChI=1S/C51H63N3O9S/c1-3-43(39-12-6-4-7-13-39)49(40-14-8-5-9-15-40)41-18-20-42(21-19-41)63-27-25-53(2)24-11-26-58-28-29-59-30-31-60-32-33-61-34-35-62-36-37-64-47-17-10-16-44-45(47)38-54(51(44)57)46-22-23-48(55)52-50(46)56/h4-10,12-21,46H,3,11,22-38H2,1-2H3,(H,52,55,56)/b49-43-. The SMILES string of the molecule is CC/C(=C(\c1ccccc1)c1ccc(OCCN(C)CCCOCCOCCOCCOCCOCCSc2cccc3c2CN(C2CCC(=O)NC2=O)C3=O)cc1)c1ccccc1. The van der Waals surface area contributed by atoms with Crippen molar-refractivity contribution < 1.29 is 42.8 Å². The van der Waals surface area contributed by atoms with Crippen molar-refractivity contribution in [3.63, 3.8) is 0 Å². The number of likely N-dealkylation sites (N-methyl/N-ethyl adjacent to an activating group) is 1. The maximum atomic E-state index is 13.0. The summed E-state index contributed by atoms with van der Waals surface area (Å²) in [4.78, 5) is 41.8. The number of imide groups is 1. The van der Waals surface area contributed by atoms with Crippen LogP contribution in [0.15, 0.2) is 108 Å². The van der Waals surface area contributed by atoms with Gasteiger partial charge in [-0.2, -0.15) is 0 Å². The molecule has 4 aromatic rings. The minimum absolute atomic E-state index is 0.165. The summed E-state index contributed by atoms with van der Waals surface area (Å²) in [5, 5.41) is 2.35. The second kappa shape index (κ2) is 26.8. The summed E-state index contributed by atoms with van der Waals surface area (Å²) in [6.07, 6.45) is 2.45. The lowest BCUT2D eigenvalue weighted by molar-refractivity contribution is -0.136. The fourth-order valence-corrected chi connectivity index (χ4v) is 8.70. The van der Waals surface area contributed by atoms with E-state index in [0.717, 1.165) is 42.1 Å². The number of allylic oxidation sites excluding steroid dienone is 1. The molecule has 1 unspecified atom stereocenters. The number of carbonyl (C=O) groups excluding carboxylic acids is 3. The normalized spacial score (nSPS) is 15.4. The van der Waals surface area contributed by atoms with Gasteiger partial charge in [-0.1, -0.05) is 85.8 Å². The van der Waals surface area contributed by atoms with Crippen molar-refractivity contribution in [2.24, 2.45) is 0 Å². The second-order valence-corrected chi connectivity index (χ2v) is 16.7. The number of fused-ring (bicyclic) bond motifs is 1. The maximum Gasteiger partial charge on any atom is 0.255 e. The van der Waals surface area contributed by atoms with Crippen molar-refractivity contribution in [2.45, 2.75) is 50.1 Å². The molecule has 1 saturated heterocycles. The fraction of sp³-hybridized carbons (Fsp3) is 0.431. The molecule has 0 radical (unpaired) electrons. The van der Waals surface area contributed by atoms with E-state index in [2.05, 4.69) is 109 Å². The number of benzene rings is 4. The van der Waals surface area contributed by atoms with Crippen LogP contribution in [-0.2, 0) is 39.8 Å². The van der Waals surface area contributed by atoms with E-state index in [1.165, 1.54) is 27.8 Å². The van der Waals surface area contributed by atoms with Crippen molar-refractivity contribution in [2.75, 3.05) is 98.6 Å². The Labute approximate surface area is 382 Å². The van der Waals surface area contributed by atoms with Gasteiger partial charge in [-0.15, -0.1) is 11.8 Å². The molecule has 0 spiro atoms. The van der Waals surface area contributed by atoms with Crippen LogP contribution in [0.1, 0.15) is 65.2 Å². The highest BCUT2D eigenvalue weighted by molar-refractivity contribution is 7.99. The average Bonchev–Trinajstić information content (AvgIpc) is 3.65. The molecule has 1 fully saturated rings. The number of hydrogen-bond acceptors (Lipinski definition) is 11. The molecule has 12 nitrogen and oxygen atoms in total. The predicted molar refractivity (Wildman–Crippen MR) is 250 cm³/mol. The van der Waals surface area contributed by atoms with Crippen molar-refractivity contribution >= 4 is 40.6 Å². The third kappa shape index (κ3) is 14.8. The van der Waals surface area contributed by atoms with E-state index in [4.69, 9.17) is 28.4 Å². The monoisotopic (exact) mass is 893 g/mol. The van der Waals surface area contributed by atoms with Gasteiger partial charge in [-0.05, 0) is 84.0 Å². The van der Waals surface area contributed by atoms with E-state index in [9.17, 15) is 14.4 Å². The Hall–Kier alpha value is -4.86. The molecule has 342 valence electrons. The summed E-state index contributed by atoms with van der Waals surface area (Å²) in [5.74, 6) is 0.725. The highest BCUT2D eigenvalue weighted by atomic mass is 32.2. The van der Waals surface area contributed by atoms with Crippen LogP contribution in [0.25, 0.3) is 11.1 Å². The van der Waals surface area contributed by atoms with Gasteiger partial charge in [0.2, 0.25) is 11.8 Å². The van der Waals surface area contributed by atoms with E-state index < -0.39 is 11.9 Å². The lowest BCUT2D eigenvalue weighted by atomic mass is 9.88. The van der Waals surface area contributed by atoms with Crippen LogP contribution in [0, 0.1) is 0 Å². The topological polar surface area (TPSA) is 125 Å². The molecule has 1 atom stereocenters. The molecule has 0 aromatic heterocycles. The van der Waals surface area contributed by atoms with Crippen LogP contribution < -0.4 is 10.1 Å². The molecule has 2 aliphatic rings. The number of nitrogens with zero attached hydrogens (tertiary/aromatic N) is 2. The number of carbonyl (C=O) groups is 3. The number of hydrogen-bond donors (Lipinski definition) is 1. The molecule has 0 aliphatic carbocycles. The molecule has 6 rings (SSSR count). The Kier molecular flexibility index (Phi) is 20.4. The summed E-state index contributed by atoms with van der Waals surface area (Å²) in [6, 6.07) is 34.8. The Balaban J connectivity index is 0.722. The van der Waals surface area contributed by atoms with Crippen LogP contribution in [-0.4, -0.2) is 132 Å². The van der Waals surface area contributed by atoms with Gasteiger partial charge in [0.15, 0.2) is 0 Å². The van der Waals surface area contributed by atoms with Gasteiger partial charge in [0.05, 0.1) is 59.5 Å². The van der Waals surface area contributed by atoms with Crippen molar-refractivity contribution in [3.8, 4) is 5.75 Å². The quantitative estimate of drug-likeness (QED) is 0.0254. The number of rotatable bonds is 29. The molecular weight excluding hydrogens is 831 g/mol. The molecule has 2 heterocycles. The molecule has 4 aromatic carbocycles. The first kappa shape index (κ1) is 48.6. The zero-order valence-electron chi connectivity index (χ0n) is 37.3. The van der Waals surface area contributed by atoms with Gasteiger partial charge in [0, 0.05) is 48.9 Å². The van der Waals surface area contributed by atoms with E-state index >= 15 is 0 Å². The molecule has 3 amide bonds. The zero-order valence-corrected chi connectivity index (χ0v) is 38.1. The molecule has 13 heteroatoms. The van der Waals surface area contributed by atoms with Crippen molar-refractivity contribution in [1.82, 2.24) is 15.1 Å². The molecule has 0 bridgehead atoms. The highest BCUT2D eigenvalue weighted by Gasteiger charge is 2.39. The smallest absolute Gasteiger partial charge is 0.255 e. The first-order chi connectivity index (χ1) is 31.4. The second-order valence-electron chi connectivity index (χ2n) is 15.6. The summed E-state index contributed by atoms with van der Waals surface area (Å²) in [6.45, 7) is 10.1. The van der Waals surface area contributed by atoms with Crippen LogP contribution >= 0.6 is 11.8 Å². The van der Waals surface area contributed by atoms with Gasteiger partial charge in [0.25, 0.3) is 5.91 Å². The van der Waals surface area contributed by atoms with Gasteiger partial charge < -0.3 is 38.2 Å². The summed E-state index contributed by atoms with van der Waals surface area (Å²) in [5.41, 5.74) is 7.75. The van der Waals surface area contributed by atoms with Crippen molar-refractivity contribution in [1.29, 1.82) is 0 Å². The first-order valence-electron chi connectivity index (χ1n) is 22.5. The first-order valence-corrected chi connectivity index (χ1v) is 23.4. The fourth-order valence-electron chi connectivity index (χ4n) is 7.75. The highest BCUT2D eigenvalue weighted by Crippen LogP contribution is 2.36.